The minimum Gasteiger partial charge on any atom is -0.380 e. The zero-order valence-corrected chi connectivity index (χ0v) is 12.8. The molecule has 1 aromatic rings. The first kappa shape index (κ1) is 15.5. The number of hydrogen-bond acceptors (Lipinski definition) is 4. The van der Waals surface area contributed by atoms with E-state index in [1.807, 2.05) is 13.8 Å². The molecule has 2 rings (SSSR count). The van der Waals surface area contributed by atoms with Gasteiger partial charge in [0.05, 0.1) is 11.5 Å². The zero-order chi connectivity index (χ0) is 14.6. The van der Waals surface area contributed by atoms with Gasteiger partial charge in [0.2, 0.25) is 10.0 Å². The average Bonchev–Trinajstić information content (AvgIpc) is 2.86. The Labute approximate surface area is 120 Å². The molecule has 0 bridgehead atoms. The molecular weight excluding hydrogens is 278 g/mol. The molecule has 0 aromatic carbocycles. The summed E-state index contributed by atoms with van der Waals surface area (Å²) in [6.07, 6.45) is 3.25. The quantitative estimate of drug-likeness (QED) is 0.731. The van der Waals surface area contributed by atoms with Crippen LogP contribution in [0.25, 0.3) is 0 Å². The molecule has 6 nitrogen and oxygen atoms in total. The Bertz CT molecular complexity index is 519. The lowest BCUT2D eigenvalue weighted by molar-refractivity contribution is 0.0774. The van der Waals surface area contributed by atoms with E-state index in [0.717, 1.165) is 18.5 Å². The number of hydrogen-bond donors (Lipinski definition) is 3. The highest BCUT2D eigenvalue weighted by Gasteiger charge is 2.23. The van der Waals surface area contributed by atoms with Crippen LogP contribution in [-0.2, 0) is 21.3 Å². The lowest BCUT2D eigenvalue weighted by Gasteiger charge is -2.22. The predicted molar refractivity (Wildman–Crippen MR) is 76.9 cm³/mol. The molecule has 20 heavy (non-hydrogen) atoms. The molecule has 0 saturated carbocycles. The van der Waals surface area contributed by atoms with Crippen molar-refractivity contribution in [2.45, 2.75) is 50.2 Å². The number of aromatic nitrogens is 1. The van der Waals surface area contributed by atoms with Crippen molar-refractivity contribution in [3.63, 3.8) is 0 Å². The maximum Gasteiger partial charge on any atom is 0.242 e. The minimum absolute atomic E-state index is 0.124. The first-order valence-electron chi connectivity index (χ1n) is 6.98. The van der Waals surface area contributed by atoms with E-state index in [4.69, 9.17) is 4.74 Å². The molecule has 1 fully saturated rings. The molecule has 1 aromatic heterocycles. The van der Waals surface area contributed by atoms with Gasteiger partial charge in [-0.25, -0.2) is 13.1 Å². The van der Waals surface area contributed by atoms with Crippen LogP contribution in [0.2, 0.25) is 0 Å². The fourth-order valence-electron chi connectivity index (χ4n) is 2.11. The van der Waals surface area contributed by atoms with E-state index in [9.17, 15) is 8.42 Å². The van der Waals surface area contributed by atoms with Crippen molar-refractivity contribution in [3.8, 4) is 0 Å². The van der Waals surface area contributed by atoms with Crippen LogP contribution in [0.15, 0.2) is 17.2 Å². The van der Waals surface area contributed by atoms with Crippen molar-refractivity contribution >= 4 is 10.0 Å². The largest absolute Gasteiger partial charge is 0.380 e. The smallest absolute Gasteiger partial charge is 0.242 e. The van der Waals surface area contributed by atoms with Crippen LogP contribution in [0.5, 0.6) is 0 Å². The summed E-state index contributed by atoms with van der Waals surface area (Å²) in [5.41, 5.74) is 0.860. The van der Waals surface area contributed by atoms with Crippen LogP contribution >= 0.6 is 0 Å². The topological polar surface area (TPSA) is 83.2 Å². The third-order valence-electron chi connectivity index (χ3n) is 3.21. The maximum absolute atomic E-state index is 12.2. The van der Waals surface area contributed by atoms with Crippen LogP contribution in [-0.4, -0.2) is 38.7 Å². The van der Waals surface area contributed by atoms with Gasteiger partial charge < -0.3 is 15.0 Å². The monoisotopic (exact) mass is 301 g/mol. The third kappa shape index (κ3) is 4.31. The van der Waals surface area contributed by atoms with Gasteiger partial charge in [-0.05, 0) is 18.9 Å². The van der Waals surface area contributed by atoms with Gasteiger partial charge in [0.1, 0.15) is 0 Å². The molecule has 114 valence electrons. The van der Waals surface area contributed by atoms with Gasteiger partial charge in [-0.1, -0.05) is 13.8 Å². The Morgan fingerprint density at radius 2 is 2.30 bits per heavy atom. The fourth-order valence-corrected chi connectivity index (χ4v) is 3.38. The van der Waals surface area contributed by atoms with Gasteiger partial charge in [0.25, 0.3) is 0 Å². The van der Waals surface area contributed by atoms with Gasteiger partial charge >= 0.3 is 0 Å². The number of ether oxygens (including phenoxy) is 1. The molecule has 0 spiro atoms. The Morgan fingerprint density at radius 3 is 2.95 bits per heavy atom. The van der Waals surface area contributed by atoms with Crippen LogP contribution in [0.1, 0.15) is 32.4 Å². The Hall–Kier alpha value is -0.890. The fraction of sp³-hybridized carbons (Fsp3) is 0.692. The summed E-state index contributed by atoms with van der Waals surface area (Å²) in [6.45, 7) is 5.88. The highest BCUT2D eigenvalue weighted by molar-refractivity contribution is 7.89. The van der Waals surface area contributed by atoms with E-state index >= 15 is 0 Å². The second-order valence-electron chi connectivity index (χ2n) is 5.43. The molecule has 7 heteroatoms. The Kier molecular flexibility index (Phi) is 5.20. The molecule has 0 aliphatic carbocycles. The highest BCUT2D eigenvalue weighted by atomic mass is 32.2. The van der Waals surface area contributed by atoms with E-state index in [2.05, 4.69) is 15.0 Å². The summed E-state index contributed by atoms with van der Waals surface area (Å²) in [7, 11) is -3.47. The van der Waals surface area contributed by atoms with Gasteiger partial charge in [-0.2, -0.15) is 0 Å². The standard InChI is InChI=1S/C13H23N3O3S/c1-10(2)14-7-12-6-13(8-15-12)20(17,18)16-11-4-3-5-19-9-11/h6,8,10-11,14-16H,3-5,7,9H2,1-2H3. The summed E-state index contributed by atoms with van der Waals surface area (Å²) in [5, 5.41) is 3.24. The summed E-state index contributed by atoms with van der Waals surface area (Å²) in [5.74, 6) is 0. The molecule has 1 unspecified atom stereocenters. The first-order chi connectivity index (χ1) is 9.47. The number of nitrogens with one attached hydrogen (secondary N) is 3. The molecule has 1 aliphatic heterocycles. The van der Waals surface area contributed by atoms with Crippen molar-refractivity contribution in [1.29, 1.82) is 0 Å². The lowest BCUT2D eigenvalue weighted by atomic mass is 10.1. The molecule has 3 N–H and O–H groups in total. The maximum atomic E-state index is 12.2. The van der Waals surface area contributed by atoms with Crippen molar-refractivity contribution in [1.82, 2.24) is 15.0 Å². The van der Waals surface area contributed by atoms with Crippen molar-refractivity contribution in [3.05, 3.63) is 18.0 Å². The van der Waals surface area contributed by atoms with Gasteiger partial charge in [-0.3, -0.25) is 0 Å². The highest BCUT2D eigenvalue weighted by Crippen LogP contribution is 2.14. The second kappa shape index (κ2) is 6.71. The van der Waals surface area contributed by atoms with E-state index in [-0.39, 0.29) is 10.9 Å². The van der Waals surface area contributed by atoms with Crippen LogP contribution in [0, 0.1) is 0 Å². The van der Waals surface area contributed by atoms with E-state index < -0.39 is 10.0 Å². The van der Waals surface area contributed by atoms with Crippen LogP contribution in [0.3, 0.4) is 0 Å². The summed E-state index contributed by atoms with van der Waals surface area (Å²) in [4.78, 5) is 3.27. The Balaban J connectivity index is 1.98. The molecule has 0 radical (unpaired) electrons. The van der Waals surface area contributed by atoms with Gasteiger partial charge in [0.15, 0.2) is 0 Å². The van der Waals surface area contributed by atoms with E-state index in [1.165, 1.54) is 6.20 Å². The number of sulfonamides is 1. The molecular formula is C13H23N3O3S. The van der Waals surface area contributed by atoms with Crippen LogP contribution in [0.4, 0.5) is 0 Å². The summed E-state index contributed by atoms with van der Waals surface area (Å²) in [6, 6.07) is 1.90. The SMILES string of the molecule is CC(C)NCc1cc(S(=O)(=O)NC2CCCOC2)c[nH]1. The molecule has 2 heterocycles. The number of H-pyrrole nitrogens is 1. The second-order valence-corrected chi connectivity index (χ2v) is 7.15. The summed E-state index contributed by atoms with van der Waals surface area (Å²) < 4.78 is 32.5. The molecule has 1 aliphatic rings. The molecule has 0 amide bonds. The molecule has 1 atom stereocenters. The normalized spacial score (nSPS) is 20.4. The average molecular weight is 301 g/mol. The van der Waals surface area contributed by atoms with Crippen molar-refractivity contribution in [2.75, 3.05) is 13.2 Å². The van der Waals surface area contributed by atoms with Crippen molar-refractivity contribution < 1.29 is 13.2 Å². The van der Waals surface area contributed by atoms with Crippen LogP contribution < -0.4 is 10.0 Å². The number of rotatable bonds is 6. The Morgan fingerprint density at radius 1 is 1.50 bits per heavy atom. The first-order valence-corrected chi connectivity index (χ1v) is 8.46. The zero-order valence-electron chi connectivity index (χ0n) is 12.0. The predicted octanol–water partition coefficient (Wildman–Crippen LogP) is 0.970. The third-order valence-corrected chi connectivity index (χ3v) is 4.71. The van der Waals surface area contributed by atoms with E-state index in [1.54, 1.807) is 6.07 Å². The van der Waals surface area contributed by atoms with Gasteiger partial charge in [0, 0.05) is 37.1 Å². The minimum atomic E-state index is -3.47. The summed E-state index contributed by atoms with van der Waals surface area (Å²) >= 11 is 0. The van der Waals surface area contributed by atoms with Crippen molar-refractivity contribution in [2.24, 2.45) is 0 Å². The molecule has 1 saturated heterocycles. The van der Waals surface area contributed by atoms with Gasteiger partial charge in [-0.15, -0.1) is 0 Å². The lowest BCUT2D eigenvalue weighted by Crippen LogP contribution is -2.40. The van der Waals surface area contributed by atoms with E-state index in [0.29, 0.717) is 25.8 Å². The number of aromatic amines is 1.